The molecule has 7 atom stereocenters. The number of ether oxygens (including phenoxy) is 3. The van der Waals surface area contributed by atoms with E-state index in [1.54, 1.807) is 0 Å². The van der Waals surface area contributed by atoms with E-state index in [0.717, 1.165) is 14.0 Å². The van der Waals surface area contributed by atoms with Crippen LogP contribution in [0.5, 0.6) is 5.75 Å². The van der Waals surface area contributed by atoms with Crippen LogP contribution in [0.3, 0.4) is 0 Å². The molecule has 0 amide bonds. The molecule has 13 nitrogen and oxygen atoms in total. The summed E-state index contributed by atoms with van der Waals surface area (Å²) in [6, 6.07) is 5.42. The van der Waals surface area contributed by atoms with Gasteiger partial charge in [0.25, 0.3) is 0 Å². The maximum Gasteiger partial charge on any atom is 0.335 e. The van der Waals surface area contributed by atoms with E-state index in [1.165, 1.54) is 24.3 Å². The maximum atomic E-state index is 12.8. The number of ketones is 4. The van der Waals surface area contributed by atoms with Crippen LogP contribution in [0.2, 0.25) is 0 Å². The monoisotopic (exact) mass is 526 g/mol. The zero-order valence-corrected chi connectivity index (χ0v) is 20.8. The largest absolute Gasteiger partial charge is 0.508 e. The highest BCUT2D eigenvalue weighted by atomic mass is 16.7. The standard InChI is InChI=1S/C24H30O13/c1-11(25)18(30)19-22(32,12(2)26)24(34,14(4)28)23(33,13(3)27)21(37-19)36-17(20(31)35-5)10-15-6-8-16(29)9-7-15/h6-9,17-19,21,29-30,32-34H,10H2,1-5H3/t17?,18?,19-,21+,22+,23+,24+/m1/s1. The molecule has 0 aliphatic carbocycles. The van der Waals surface area contributed by atoms with Crippen LogP contribution < -0.4 is 0 Å². The summed E-state index contributed by atoms with van der Waals surface area (Å²) in [6.07, 6.45) is -9.26. The van der Waals surface area contributed by atoms with Crippen molar-refractivity contribution in [2.75, 3.05) is 7.11 Å². The Kier molecular flexibility index (Phi) is 8.75. The highest BCUT2D eigenvalue weighted by Gasteiger charge is 2.79. The minimum absolute atomic E-state index is 0.0862. The first-order chi connectivity index (χ1) is 17.0. The molecule has 1 aromatic rings. The topological polar surface area (TPSA) is 214 Å². The third-order valence-corrected chi connectivity index (χ3v) is 6.52. The number of hydrogen-bond acceptors (Lipinski definition) is 13. The third-order valence-electron chi connectivity index (χ3n) is 6.52. The van der Waals surface area contributed by atoms with Gasteiger partial charge in [0.15, 0.2) is 41.1 Å². The molecule has 1 fully saturated rings. The van der Waals surface area contributed by atoms with E-state index in [2.05, 4.69) is 0 Å². The van der Waals surface area contributed by atoms with Crippen molar-refractivity contribution in [3.8, 4) is 5.75 Å². The van der Waals surface area contributed by atoms with E-state index >= 15 is 0 Å². The SMILES string of the molecule is COC(=O)C(Cc1ccc(O)cc1)O[C@H]1O[C@H](C(O)C(C)=O)[C@@](O)(C(C)=O)[C@@](O)(C(C)=O)[C@]1(O)C(C)=O. The zero-order valence-electron chi connectivity index (χ0n) is 20.8. The Labute approximate surface area is 211 Å². The van der Waals surface area contributed by atoms with Crippen LogP contribution in [0, 0.1) is 0 Å². The number of benzene rings is 1. The lowest BCUT2D eigenvalue weighted by molar-refractivity contribution is -0.377. The normalized spacial score (nSPS) is 31.2. The fraction of sp³-hybridized carbons (Fsp3) is 0.542. The lowest BCUT2D eigenvalue weighted by Crippen LogP contribution is -2.87. The Hall–Kier alpha value is -3.07. The highest BCUT2D eigenvalue weighted by Crippen LogP contribution is 2.48. The molecule has 37 heavy (non-hydrogen) atoms. The zero-order chi connectivity index (χ0) is 28.5. The summed E-state index contributed by atoms with van der Waals surface area (Å²) >= 11 is 0. The number of hydrogen-bond donors (Lipinski definition) is 5. The number of esters is 1. The van der Waals surface area contributed by atoms with Crippen molar-refractivity contribution >= 4 is 29.1 Å². The predicted molar refractivity (Wildman–Crippen MR) is 121 cm³/mol. The minimum atomic E-state index is -3.71. The maximum absolute atomic E-state index is 12.8. The number of aliphatic hydroxyl groups is 4. The molecular formula is C24H30O13. The van der Waals surface area contributed by atoms with Crippen molar-refractivity contribution in [2.24, 2.45) is 0 Å². The highest BCUT2D eigenvalue weighted by molar-refractivity contribution is 6.05. The molecule has 2 unspecified atom stereocenters. The first-order valence-corrected chi connectivity index (χ1v) is 11.0. The van der Waals surface area contributed by atoms with Crippen LogP contribution in [0.25, 0.3) is 0 Å². The second kappa shape index (κ2) is 10.7. The summed E-state index contributed by atoms with van der Waals surface area (Å²) in [5.74, 6) is -6.58. The Bertz CT molecular complexity index is 1080. The molecule has 1 heterocycles. The number of aliphatic hydroxyl groups excluding tert-OH is 1. The minimum Gasteiger partial charge on any atom is -0.508 e. The van der Waals surface area contributed by atoms with Crippen molar-refractivity contribution in [1.29, 1.82) is 0 Å². The van der Waals surface area contributed by atoms with Gasteiger partial charge in [-0.2, -0.15) is 0 Å². The van der Waals surface area contributed by atoms with Gasteiger partial charge < -0.3 is 39.7 Å². The van der Waals surface area contributed by atoms with Crippen LogP contribution in [-0.2, 0) is 44.6 Å². The molecule has 0 radical (unpaired) electrons. The predicted octanol–water partition coefficient (Wildman–Crippen LogP) is -1.87. The average Bonchev–Trinajstić information content (AvgIpc) is 2.83. The number of phenolic OH excluding ortho intramolecular Hbond substituents is 1. The van der Waals surface area contributed by atoms with Gasteiger partial charge in [-0.1, -0.05) is 12.1 Å². The van der Waals surface area contributed by atoms with Crippen LogP contribution in [0.1, 0.15) is 33.3 Å². The Morgan fingerprint density at radius 1 is 0.919 bits per heavy atom. The smallest absolute Gasteiger partial charge is 0.335 e. The second-order valence-corrected chi connectivity index (χ2v) is 8.87. The summed E-state index contributed by atoms with van der Waals surface area (Å²) in [5.41, 5.74) is -10.4. The van der Waals surface area contributed by atoms with Gasteiger partial charge in [0, 0.05) is 6.42 Å². The van der Waals surface area contributed by atoms with Crippen LogP contribution in [0.4, 0.5) is 0 Å². The van der Waals surface area contributed by atoms with Crippen molar-refractivity contribution in [1.82, 2.24) is 0 Å². The molecular weight excluding hydrogens is 496 g/mol. The van der Waals surface area contributed by atoms with Crippen LogP contribution >= 0.6 is 0 Å². The summed E-state index contributed by atoms with van der Waals surface area (Å²) < 4.78 is 15.6. The van der Waals surface area contributed by atoms with E-state index in [9.17, 15) is 49.5 Å². The summed E-state index contributed by atoms with van der Waals surface area (Å²) in [4.78, 5) is 62.7. The lowest BCUT2D eigenvalue weighted by Gasteiger charge is -2.58. The molecule has 0 saturated carbocycles. The first kappa shape index (κ1) is 30.2. The van der Waals surface area contributed by atoms with E-state index < -0.39 is 70.5 Å². The van der Waals surface area contributed by atoms with Crippen molar-refractivity contribution < 1.29 is 63.7 Å². The van der Waals surface area contributed by atoms with Gasteiger partial charge >= 0.3 is 5.97 Å². The fourth-order valence-electron chi connectivity index (χ4n) is 4.37. The Balaban J connectivity index is 2.75. The van der Waals surface area contributed by atoms with Gasteiger partial charge in [-0.25, -0.2) is 4.79 Å². The molecule has 1 aromatic carbocycles. The summed E-state index contributed by atoms with van der Waals surface area (Å²) in [7, 11) is 0.997. The summed E-state index contributed by atoms with van der Waals surface area (Å²) in [6.45, 7) is 2.88. The molecule has 13 heteroatoms. The van der Waals surface area contributed by atoms with Crippen molar-refractivity contribution in [3.63, 3.8) is 0 Å². The number of methoxy groups -OCH3 is 1. The molecule has 5 N–H and O–H groups in total. The molecule has 0 spiro atoms. The molecule has 1 aliphatic heterocycles. The fourth-order valence-corrected chi connectivity index (χ4v) is 4.37. The number of rotatable bonds is 10. The summed E-state index contributed by atoms with van der Waals surface area (Å²) in [5, 5.41) is 54.3. The first-order valence-electron chi connectivity index (χ1n) is 11.0. The van der Waals surface area contributed by atoms with Gasteiger partial charge in [0.1, 0.15) is 18.0 Å². The molecule has 204 valence electrons. The number of aromatic hydroxyl groups is 1. The second-order valence-electron chi connectivity index (χ2n) is 8.87. The molecule has 1 saturated heterocycles. The van der Waals surface area contributed by atoms with E-state index in [0.29, 0.717) is 26.3 Å². The van der Waals surface area contributed by atoms with Crippen molar-refractivity contribution in [3.05, 3.63) is 29.8 Å². The van der Waals surface area contributed by atoms with Gasteiger partial charge in [-0.05, 0) is 45.4 Å². The number of Topliss-reactive ketones (excluding diaryl/α,β-unsaturated/α-hetero) is 4. The Morgan fingerprint density at radius 3 is 1.84 bits per heavy atom. The molecule has 1 aliphatic rings. The van der Waals surface area contributed by atoms with E-state index in [1.807, 2.05) is 0 Å². The number of carbonyl (C=O) groups is 5. The lowest BCUT2D eigenvalue weighted by atomic mass is 9.60. The van der Waals surface area contributed by atoms with E-state index in [4.69, 9.17) is 14.2 Å². The van der Waals surface area contributed by atoms with Crippen LogP contribution in [0.15, 0.2) is 24.3 Å². The van der Waals surface area contributed by atoms with Gasteiger partial charge in [-0.3, -0.25) is 19.2 Å². The number of phenols is 1. The molecule has 0 aromatic heterocycles. The molecule has 0 bridgehead atoms. The quantitative estimate of drug-likeness (QED) is 0.212. The van der Waals surface area contributed by atoms with E-state index in [-0.39, 0.29) is 12.2 Å². The van der Waals surface area contributed by atoms with Gasteiger partial charge in [-0.15, -0.1) is 0 Å². The van der Waals surface area contributed by atoms with Gasteiger partial charge in [0.05, 0.1) is 7.11 Å². The van der Waals surface area contributed by atoms with Crippen molar-refractivity contribution in [2.45, 2.75) is 75.5 Å². The molecule has 2 rings (SSSR count). The third kappa shape index (κ3) is 4.81. The Morgan fingerprint density at radius 2 is 1.43 bits per heavy atom. The number of carbonyl (C=O) groups excluding carboxylic acids is 5. The van der Waals surface area contributed by atoms with Crippen LogP contribution in [-0.4, -0.2) is 103 Å². The van der Waals surface area contributed by atoms with Gasteiger partial charge in [0.2, 0.25) is 11.2 Å². The average molecular weight is 526 g/mol.